The normalized spacial score (nSPS) is 27.4. The number of hydrogen-bond donors (Lipinski definition) is 1. The molecule has 0 spiro atoms. The third-order valence-electron chi connectivity index (χ3n) is 3.80. The molecule has 0 saturated heterocycles. The lowest BCUT2D eigenvalue weighted by Crippen LogP contribution is -2.52. The fourth-order valence-electron chi connectivity index (χ4n) is 2.88. The minimum absolute atomic E-state index is 0.311. The average Bonchev–Trinajstić information content (AvgIpc) is 2.38. The van der Waals surface area contributed by atoms with Crippen LogP contribution in [-0.4, -0.2) is 19.3 Å². The van der Waals surface area contributed by atoms with Crippen molar-refractivity contribution in [3.63, 3.8) is 0 Å². The maximum atomic E-state index is 12.6. The zero-order valence-electron chi connectivity index (χ0n) is 11.4. The van der Waals surface area contributed by atoms with Crippen LogP contribution in [-0.2, 0) is 10.0 Å². The van der Waals surface area contributed by atoms with Crippen molar-refractivity contribution in [2.24, 2.45) is 5.92 Å². The molecule has 1 saturated carbocycles. The van der Waals surface area contributed by atoms with Gasteiger partial charge in [-0.3, -0.25) is 0 Å². The van der Waals surface area contributed by atoms with Crippen LogP contribution in [0, 0.1) is 5.92 Å². The first-order valence-electron chi connectivity index (χ1n) is 6.72. The summed E-state index contributed by atoms with van der Waals surface area (Å²) < 4.78 is 28.8. The van der Waals surface area contributed by atoms with Crippen molar-refractivity contribution in [3.05, 3.63) is 28.7 Å². The number of nitrogens with one attached hydrogen (secondary N) is 1. The number of alkyl halides is 1. The molecule has 2 unspecified atom stereocenters. The summed E-state index contributed by atoms with van der Waals surface area (Å²) in [5.74, 6) is 0.548. The molecule has 1 aromatic rings. The van der Waals surface area contributed by atoms with Gasteiger partial charge in [0.25, 0.3) is 0 Å². The van der Waals surface area contributed by atoms with Crippen LogP contribution < -0.4 is 4.72 Å². The number of sulfonamides is 1. The van der Waals surface area contributed by atoms with E-state index in [0.29, 0.717) is 16.1 Å². The van der Waals surface area contributed by atoms with Gasteiger partial charge in [-0.05, 0) is 37.0 Å². The topological polar surface area (TPSA) is 46.2 Å². The molecule has 0 aliphatic heterocycles. The molecule has 0 bridgehead atoms. The van der Waals surface area contributed by atoms with E-state index in [-0.39, 0.29) is 5.54 Å². The molecule has 1 N–H and O–H groups in total. The lowest BCUT2D eigenvalue weighted by atomic mass is 9.78. The van der Waals surface area contributed by atoms with Crippen LogP contribution in [0.15, 0.2) is 33.6 Å². The maximum absolute atomic E-state index is 12.6. The van der Waals surface area contributed by atoms with Crippen LogP contribution in [0.2, 0.25) is 0 Å². The molecule has 2 atom stereocenters. The van der Waals surface area contributed by atoms with Gasteiger partial charge < -0.3 is 0 Å². The van der Waals surface area contributed by atoms with Crippen molar-refractivity contribution >= 4 is 41.9 Å². The molecule has 2 rings (SSSR count). The molecule has 0 heterocycles. The van der Waals surface area contributed by atoms with E-state index < -0.39 is 10.0 Å². The van der Waals surface area contributed by atoms with Gasteiger partial charge in [0.1, 0.15) is 0 Å². The van der Waals surface area contributed by atoms with E-state index in [9.17, 15) is 8.42 Å². The van der Waals surface area contributed by atoms with Gasteiger partial charge in [0, 0.05) is 15.3 Å². The summed E-state index contributed by atoms with van der Waals surface area (Å²) in [5, 5.41) is 0.650. The molecule has 0 aromatic heterocycles. The van der Waals surface area contributed by atoms with E-state index in [1.165, 1.54) is 6.42 Å². The Labute approximate surface area is 137 Å². The minimum atomic E-state index is -3.49. The van der Waals surface area contributed by atoms with Gasteiger partial charge in [-0.15, -0.1) is 0 Å². The van der Waals surface area contributed by atoms with Crippen molar-refractivity contribution in [2.75, 3.05) is 5.33 Å². The molecule has 112 valence electrons. The van der Waals surface area contributed by atoms with Crippen LogP contribution in [0.4, 0.5) is 0 Å². The first-order chi connectivity index (χ1) is 9.37. The third-order valence-corrected chi connectivity index (χ3v) is 6.95. The summed E-state index contributed by atoms with van der Waals surface area (Å²) in [6.07, 6.45) is 4.00. The van der Waals surface area contributed by atoms with Crippen LogP contribution in [0.3, 0.4) is 0 Å². The van der Waals surface area contributed by atoms with Crippen molar-refractivity contribution in [2.45, 2.75) is 43.0 Å². The van der Waals surface area contributed by atoms with Crippen LogP contribution in [0.1, 0.15) is 32.6 Å². The molecule has 20 heavy (non-hydrogen) atoms. The first kappa shape index (κ1) is 16.5. The van der Waals surface area contributed by atoms with Gasteiger partial charge in [0.15, 0.2) is 0 Å². The second-order valence-corrected chi connectivity index (χ2v) is 8.84. The predicted octanol–water partition coefficient (Wildman–Crippen LogP) is 4.07. The molecule has 3 nitrogen and oxygen atoms in total. The number of benzene rings is 1. The fourth-order valence-corrected chi connectivity index (χ4v) is 5.75. The van der Waals surface area contributed by atoms with Crippen molar-refractivity contribution in [1.29, 1.82) is 0 Å². The minimum Gasteiger partial charge on any atom is -0.207 e. The fraction of sp³-hybridized carbons (Fsp3) is 0.571. The standard InChI is InChI=1S/C14H19Br2NO2S/c1-11-4-3-7-14(9-11,10-15)17-20(18,19)13-6-2-5-12(16)8-13/h2,5-6,8,11,17H,3-4,7,9-10H2,1H3. The summed E-state index contributed by atoms with van der Waals surface area (Å²) in [7, 11) is -3.49. The Kier molecular flexibility index (Phi) is 5.32. The first-order valence-corrected chi connectivity index (χ1v) is 10.1. The third kappa shape index (κ3) is 3.84. The molecule has 1 aliphatic carbocycles. The van der Waals surface area contributed by atoms with E-state index in [4.69, 9.17) is 0 Å². The Hall–Kier alpha value is 0.0900. The lowest BCUT2D eigenvalue weighted by molar-refractivity contribution is 0.241. The second kappa shape index (κ2) is 6.46. The molecular formula is C14H19Br2NO2S. The Balaban J connectivity index is 2.26. The molecule has 0 radical (unpaired) electrons. The number of halogens is 2. The van der Waals surface area contributed by atoms with Gasteiger partial charge in [-0.25, -0.2) is 13.1 Å². The van der Waals surface area contributed by atoms with E-state index >= 15 is 0 Å². The van der Waals surface area contributed by atoms with E-state index in [1.807, 2.05) is 6.07 Å². The zero-order valence-corrected chi connectivity index (χ0v) is 15.4. The summed E-state index contributed by atoms with van der Waals surface area (Å²) in [6, 6.07) is 6.82. The molecular weight excluding hydrogens is 406 g/mol. The van der Waals surface area contributed by atoms with E-state index in [1.54, 1.807) is 18.2 Å². The quantitative estimate of drug-likeness (QED) is 0.740. The highest BCUT2D eigenvalue weighted by Crippen LogP contribution is 2.35. The maximum Gasteiger partial charge on any atom is 0.241 e. The molecule has 1 fully saturated rings. The highest BCUT2D eigenvalue weighted by atomic mass is 79.9. The smallest absolute Gasteiger partial charge is 0.207 e. The molecule has 1 aromatic carbocycles. The van der Waals surface area contributed by atoms with Gasteiger partial charge in [-0.2, -0.15) is 0 Å². The van der Waals surface area contributed by atoms with E-state index in [0.717, 1.165) is 23.7 Å². The zero-order chi connectivity index (χ0) is 14.8. The SMILES string of the molecule is CC1CCCC(CBr)(NS(=O)(=O)c2cccc(Br)c2)C1. The summed E-state index contributed by atoms with van der Waals surface area (Å²) >= 11 is 6.82. The summed E-state index contributed by atoms with van der Waals surface area (Å²) in [5.41, 5.74) is -0.362. The van der Waals surface area contributed by atoms with Crippen LogP contribution in [0.5, 0.6) is 0 Å². The van der Waals surface area contributed by atoms with Gasteiger partial charge in [0.05, 0.1) is 4.90 Å². The average molecular weight is 425 g/mol. The predicted molar refractivity (Wildman–Crippen MR) is 88.6 cm³/mol. The van der Waals surface area contributed by atoms with Gasteiger partial charge in [0.2, 0.25) is 10.0 Å². The number of hydrogen-bond acceptors (Lipinski definition) is 2. The summed E-state index contributed by atoms with van der Waals surface area (Å²) in [6.45, 7) is 2.18. The van der Waals surface area contributed by atoms with E-state index in [2.05, 4.69) is 43.5 Å². The highest BCUT2D eigenvalue weighted by molar-refractivity contribution is 9.10. The molecule has 1 aliphatic rings. The van der Waals surface area contributed by atoms with Gasteiger partial charge >= 0.3 is 0 Å². The Morgan fingerprint density at radius 2 is 2.20 bits per heavy atom. The second-order valence-electron chi connectivity index (χ2n) is 5.68. The Bertz CT molecular complexity index is 576. The van der Waals surface area contributed by atoms with Crippen molar-refractivity contribution in [3.8, 4) is 0 Å². The van der Waals surface area contributed by atoms with Gasteiger partial charge in [-0.1, -0.05) is 57.7 Å². The van der Waals surface area contributed by atoms with Crippen molar-refractivity contribution in [1.82, 2.24) is 4.72 Å². The lowest BCUT2D eigenvalue weighted by Gasteiger charge is -2.39. The summed E-state index contributed by atoms with van der Waals surface area (Å²) in [4.78, 5) is 0.311. The van der Waals surface area contributed by atoms with Crippen LogP contribution >= 0.6 is 31.9 Å². The molecule has 0 amide bonds. The highest BCUT2D eigenvalue weighted by Gasteiger charge is 2.37. The molecule has 6 heteroatoms. The largest absolute Gasteiger partial charge is 0.241 e. The Morgan fingerprint density at radius 3 is 2.80 bits per heavy atom. The number of rotatable bonds is 4. The Morgan fingerprint density at radius 1 is 1.45 bits per heavy atom. The van der Waals surface area contributed by atoms with Crippen molar-refractivity contribution < 1.29 is 8.42 Å². The van der Waals surface area contributed by atoms with Crippen LogP contribution in [0.25, 0.3) is 0 Å². The monoisotopic (exact) mass is 423 g/mol.